The van der Waals surface area contributed by atoms with Gasteiger partial charge in [-0.25, -0.2) is 13.2 Å². The largest absolute Gasteiger partial charge is 0.234 e. The van der Waals surface area contributed by atoms with Crippen molar-refractivity contribution in [3.05, 3.63) is 30.0 Å². The van der Waals surface area contributed by atoms with Crippen LogP contribution in [-0.4, -0.2) is 9.55 Å². The number of hydrogen-bond donors (Lipinski definition) is 0. The van der Waals surface area contributed by atoms with Crippen molar-refractivity contribution in [2.24, 2.45) is 0 Å². The van der Waals surface area contributed by atoms with E-state index in [9.17, 15) is 8.78 Å². The third-order valence-corrected chi connectivity index (χ3v) is 3.53. The summed E-state index contributed by atoms with van der Waals surface area (Å²) >= 11 is 2.09. The van der Waals surface area contributed by atoms with Crippen LogP contribution in [0.25, 0.3) is 10.9 Å². The molecular formula is C7H4F2IN2P. The lowest BCUT2D eigenvalue weighted by molar-refractivity contribution is 0.590. The Balaban J connectivity index is 2.82. The van der Waals surface area contributed by atoms with E-state index >= 15 is 0 Å². The van der Waals surface area contributed by atoms with Gasteiger partial charge >= 0.3 is 0 Å². The Kier molecular flexibility index (Phi) is 2.47. The summed E-state index contributed by atoms with van der Waals surface area (Å²) in [5.41, 5.74) is 0.370. The van der Waals surface area contributed by atoms with Crippen molar-refractivity contribution < 1.29 is 8.78 Å². The standard InChI is InChI=1S/C7H4F2IN2P/c8-5-1-4-3-11-12(13-10)7(4)6(9)2-5/h1-3,13H. The van der Waals surface area contributed by atoms with Gasteiger partial charge in [-0.3, -0.25) is 0 Å². The molecule has 0 saturated heterocycles. The average Bonchev–Trinajstić information content (AvgIpc) is 2.47. The maximum atomic E-state index is 13.2. The molecule has 68 valence electrons. The Morgan fingerprint density at radius 2 is 2.15 bits per heavy atom. The Bertz CT molecular complexity index is 457. The zero-order chi connectivity index (χ0) is 9.42. The van der Waals surface area contributed by atoms with E-state index in [4.69, 9.17) is 0 Å². The smallest absolute Gasteiger partial charge is 0.152 e. The number of fused-ring (bicyclic) bond motifs is 1. The second-order valence-corrected chi connectivity index (χ2v) is 4.51. The SMILES string of the molecule is Fc1cc(F)c2c(cnn2PI)c1. The molecule has 0 aliphatic carbocycles. The number of benzene rings is 1. The van der Waals surface area contributed by atoms with Crippen molar-refractivity contribution in [2.75, 3.05) is 0 Å². The summed E-state index contributed by atoms with van der Waals surface area (Å²) in [5, 5.41) is 4.43. The highest BCUT2D eigenvalue weighted by molar-refractivity contribution is 14.2. The molecule has 0 aliphatic rings. The maximum Gasteiger partial charge on any atom is 0.152 e. The summed E-state index contributed by atoms with van der Waals surface area (Å²) in [6.45, 7) is 0. The van der Waals surface area contributed by atoms with Crippen molar-refractivity contribution in [1.29, 1.82) is 0 Å². The summed E-state index contributed by atoms with van der Waals surface area (Å²) < 4.78 is 27.5. The van der Waals surface area contributed by atoms with Gasteiger partial charge in [0.05, 0.1) is 12.6 Å². The fourth-order valence-electron chi connectivity index (χ4n) is 1.15. The normalized spacial score (nSPS) is 11.9. The van der Waals surface area contributed by atoms with E-state index in [-0.39, 0.29) is 0 Å². The van der Waals surface area contributed by atoms with E-state index < -0.39 is 11.6 Å². The quantitative estimate of drug-likeness (QED) is 0.584. The summed E-state index contributed by atoms with van der Waals surface area (Å²) in [6, 6.07) is 2.15. The van der Waals surface area contributed by atoms with Crippen LogP contribution in [-0.2, 0) is 0 Å². The van der Waals surface area contributed by atoms with E-state index in [1.807, 2.05) is 0 Å². The highest BCUT2D eigenvalue weighted by atomic mass is 127. The molecule has 1 aromatic heterocycles. The van der Waals surface area contributed by atoms with Crippen molar-refractivity contribution in [1.82, 2.24) is 9.55 Å². The highest BCUT2D eigenvalue weighted by Gasteiger charge is 2.09. The molecule has 1 atom stereocenters. The Morgan fingerprint density at radius 1 is 1.38 bits per heavy atom. The molecular weight excluding hydrogens is 308 g/mol. The molecule has 0 N–H and O–H groups in total. The summed E-state index contributed by atoms with van der Waals surface area (Å²) in [5.74, 6) is -1.13. The first-order valence-electron chi connectivity index (χ1n) is 3.42. The molecule has 0 aliphatic heterocycles. The lowest BCUT2D eigenvalue weighted by Crippen LogP contribution is -1.87. The van der Waals surface area contributed by atoms with E-state index in [0.29, 0.717) is 17.3 Å². The fraction of sp³-hybridized carbons (Fsp3) is 0. The van der Waals surface area contributed by atoms with Crippen LogP contribution in [0, 0.1) is 11.6 Å². The number of nitrogens with zero attached hydrogens (tertiary/aromatic N) is 2. The van der Waals surface area contributed by atoms with Crippen LogP contribution in [0.3, 0.4) is 0 Å². The molecule has 13 heavy (non-hydrogen) atoms. The van der Waals surface area contributed by atoms with E-state index in [1.54, 1.807) is 0 Å². The Labute approximate surface area is 87.6 Å². The minimum Gasteiger partial charge on any atom is -0.234 e. The van der Waals surface area contributed by atoms with Crippen molar-refractivity contribution in [3.63, 3.8) is 0 Å². The number of aromatic nitrogens is 2. The minimum absolute atomic E-state index is 0.315. The van der Waals surface area contributed by atoms with Gasteiger partial charge in [-0.05, 0) is 28.1 Å². The lowest BCUT2D eigenvalue weighted by atomic mass is 10.2. The zero-order valence-corrected chi connectivity index (χ0v) is 9.42. The van der Waals surface area contributed by atoms with Crippen molar-refractivity contribution in [3.8, 4) is 0 Å². The Morgan fingerprint density at radius 3 is 2.85 bits per heavy atom. The van der Waals surface area contributed by atoms with Gasteiger partial charge in [0, 0.05) is 11.5 Å². The summed E-state index contributed by atoms with van der Waals surface area (Å²) in [7, 11) is 0. The molecule has 0 fully saturated rings. The van der Waals surface area contributed by atoms with Gasteiger partial charge in [-0.2, -0.15) is 5.10 Å². The van der Waals surface area contributed by atoms with Crippen LogP contribution in [0.4, 0.5) is 8.78 Å². The fourth-order valence-corrected chi connectivity index (χ4v) is 2.67. The molecule has 2 rings (SSSR count). The monoisotopic (exact) mass is 312 g/mol. The van der Waals surface area contributed by atoms with Gasteiger partial charge in [0.1, 0.15) is 11.3 Å². The second kappa shape index (κ2) is 3.46. The first-order valence-corrected chi connectivity index (χ1v) is 7.48. The number of rotatable bonds is 1. The molecule has 1 aromatic carbocycles. The third-order valence-electron chi connectivity index (χ3n) is 1.66. The molecule has 6 heteroatoms. The second-order valence-electron chi connectivity index (χ2n) is 2.47. The van der Waals surface area contributed by atoms with E-state index in [1.165, 1.54) is 16.7 Å². The average molecular weight is 312 g/mol. The molecule has 2 aromatic rings. The van der Waals surface area contributed by atoms with Crippen molar-refractivity contribution in [2.45, 2.75) is 0 Å². The number of hydrogen-bond acceptors (Lipinski definition) is 1. The molecule has 0 saturated carbocycles. The first kappa shape index (κ1) is 9.27. The molecule has 1 unspecified atom stereocenters. The van der Waals surface area contributed by atoms with E-state index in [0.717, 1.165) is 6.07 Å². The van der Waals surface area contributed by atoms with Crippen LogP contribution in [0.2, 0.25) is 0 Å². The van der Waals surface area contributed by atoms with Crippen molar-refractivity contribution >= 4 is 39.3 Å². The molecule has 0 radical (unpaired) electrons. The lowest BCUT2D eigenvalue weighted by Gasteiger charge is -1.98. The van der Waals surface area contributed by atoms with Crippen LogP contribution in [0.1, 0.15) is 0 Å². The highest BCUT2D eigenvalue weighted by Crippen LogP contribution is 2.29. The van der Waals surface area contributed by atoms with Gasteiger partial charge in [0.25, 0.3) is 0 Å². The predicted molar refractivity (Wildman–Crippen MR) is 57.4 cm³/mol. The minimum atomic E-state index is -0.568. The van der Waals surface area contributed by atoms with Crippen LogP contribution >= 0.6 is 28.4 Å². The third kappa shape index (κ3) is 1.55. The maximum absolute atomic E-state index is 13.2. The summed E-state index contributed by atoms with van der Waals surface area (Å²) in [4.78, 5) is 0. The topological polar surface area (TPSA) is 17.8 Å². The summed E-state index contributed by atoms with van der Waals surface area (Å²) in [6.07, 6.45) is 1.78. The first-order chi connectivity index (χ1) is 6.22. The van der Waals surface area contributed by atoms with E-state index in [2.05, 4.69) is 27.1 Å². The van der Waals surface area contributed by atoms with Gasteiger partial charge in [-0.1, -0.05) is 0 Å². The zero-order valence-electron chi connectivity index (χ0n) is 6.26. The van der Waals surface area contributed by atoms with Gasteiger partial charge < -0.3 is 0 Å². The predicted octanol–water partition coefficient (Wildman–Crippen LogP) is 3.11. The molecule has 0 amide bonds. The van der Waals surface area contributed by atoms with Crippen LogP contribution in [0.5, 0.6) is 0 Å². The van der Waals surface area contributed by atoms with Gasteiger partial charge in [0.2, 0.25) is 0 Å². The van der Waals surface area contributed by atoms with Gasteiger partial charge in [-0.15, -0.1) is 0 Å². The van der Waals surface area contributed by atoms with Crippen LogP contribution < -0.4 is 0 Å². The Hall–Kier alpha value is -0.290. The van der Waals surface area contributed by atoms with Gasteiger partial charge in [0.15, 0.2) is 5.82 Å². The molecule has 0 spiro atoms. The molecule has 1 heterocycles. The molecule has 0 bridgehead atoms. The number of halogens is 3. The van der Waals surface area contributed by atoms with Crippen LogP contribution in [0.15, 0.2) is 18.3 Å². The molecule has 2 nitrogen and oxygen atoms in total.